The second-order valence-corrected chi connectivity index (χ2v) is 3.99. The van der Waals surface area contributed by atoms with Gasteiger partial charge in [0, 0.05) is 17.9 Å². The lowest BCUT2D eigenvalue weighted by atomic mass is 9.81. The number of carbonyl (C=O) groups is 1. The highest BCUT2D eigenvalue weighted by molar-refractivity contribution is 6.00. The predicted molar refractivity (Wildman–Crippen MR) is 59.4 cm³/mol. The van der Waals surface area contributed by atoms with Crippen LogP contribution in [0.1, 0.15) is 28.8 Å². The monoisotopic (exact) mass is 215 g/mol. The van der Waals surface area contributed by atoms with Crippen LogP contribution >= 0.6 is 0 Å². The quantitative estimate of drug-likeness (QED) is 0.760. The number of nitriles is 1. The highest BCUT2D eigenvalue weighted by Gasteiger charge is 2.27. The molecule has 0 amide bonds. The smallest absolute Gasteiger partial charge is 0.167 e. The Morgan fingerprint density at radius 2 is 2.38 bits per heavy atom. The molecule has 0 spiro atoms. The van der Waals surface area contributed by atoms with Crippen LogP contribution in [-0.4, -0.2) is 12.9 Å². The highest BCUT2D eigenvalue weighted by Crippen LogP contribution is 2.29. The van der Waals surface area contributed by atoms with Gasteiger partial charge in [-0.15, -0.1) is 0 Å². The average Bonchev–Trinajstić information content (AvgIpc) is 2.32. The van der Waals surface area contributed by atoms with Gasteiger partial charge in [0.15, 0.2) is 5.78 Å². The Kier molecular flexibility index (Phi) is 2.91. The Bertz CT molecular complexity index is 459. The zero-order valence-electron chi connectivity index (χ0n) is 9.19. The van der Waals surface area contributed by atoms with E-state index in [9.17, 15) is 4.79 Å². The van der Waals surface area contributed by atoms with Crippen LogP contribution in [0.15, 0.2) is 18.2 Å². The molecule has 1 unspecified atom stereocenters. The van der Waals surface area contributed by atoms with Crippen LogP contribution in [0.4, 0.5) is 0 Å². The Hall–Kier alpha value is -1.82. The number of rotatable bonds is 2. The maximum atomic E-state index is 12.0. The molecule has 16 heavy (non-hydrogen) atoms. The van der Waals surface area contributed by atoms with Crippen molar-refractivity contribution in [2.75, 3.05) is 7.11 Å². The summed E-state index contributed by atoms with van der Waals surface area (Å²) in [4.78, 5) is 12.0. The summed E-state index contributed by atoms with van der Waals surface area (Å²) in [7, 11) is 1.62. The molecule has 0 bridgehead atoms. The first-order valence-electron chi connectivity index (χ1n) is 5.34. The molecule has 0 fully saturated rings. The van der Waals surface area contributed by atoms with Crippen molar-refractivity contribution in [2.45, 2.75) is 19.3 Å². The van der Waals surface area contributed by atoms with Crippen molar-refractivity contribution in [3.63, 3.8) is 0 Å². The number of carbonyl (C=O) groups excluding carboxylic acids is 1. The fourth-order valence-electron chi connectivity index (χ4n) is 2.13. The number of hydrogen-bond donors (Lipinski definition) is 0. The summed E-state index contributed by atoms with van der Waals surface area (Å²) >= 11 is 0. The fourth-order valence-corrected chi connectivity index (χ4v) is 2.13. The first-order valence-corrected chi connectivity index (χ1v) is 5.34. The summed E-state index contributed by atoms with van der Waals surface area (Å²) in [5.74, 6) is 0.765. The Morgan fingerprint density at radius 1 is 1.56 bits per heavy atom. The Morgan fingerprint density at radius 3 is 3.06 bits per heavy atom. The minimum Gasteiger partial charge on any atom is -0.497 e. The first kappa shape index (κ1) is 10.7. The molecule has 0 saturated heterocycles. The van der Waals surface area contributed by atoms with Gasteiger partial charge in [0.2, 0.25) is 0 Å². The van der Waals surface area contributed by atoms with Crippen LogP contribution in [0.2, 0.25) is 0 Å². The van der Waals surface area contributed by atoms with Crippen molar-refractivity contribution in [3.05, 3.63) is 29.3 Å². The number of nitrogens with zero attached hydrogens (tertiary/aromatic N) is 1. The SMILES string of the molecule is COc1ccc2c(c1)CCC(CC#N)C2=O. The highest BCUT2D eigenvalue weighted by atomic mass is 16.5. The number of hydrogen-bond acceptors (Lipinski definition) is 3. The normalized spacial score (nSPS) is 18.8. The molecule has 0 heterocycles. The maximum Gasteiger partial charge on any atom is 0.167 e. The zero-order chi connectivity index (χ0) is 11.5. The molecular formula is C13H13NO2. The summed E-state index contributed by atoms with van der Waals surface area (Å²) in [5, 5.41) is 8.64. The van der Waals surface area contributed by atoms with Crippen LogP contribution in [0, 0.1) is 17.2 Å². The molecule has 1 aromatic rings. The number of Topliss-reactive ketones (excluding diaryl/α,β-unsaturated/α-hetero) is 1. The van der Waals surface area contributed by atoms with Gasteiger partial charge in [0.25, 0.3) is 0 Å². The molecule has 0 radical (unpaired) electrons. The van der Waals surface area contributed by atoms with Crippen molar-refractivity contribution < 1.29 is 9.53 Å². The van der Waals surface area contributed by atoms with Crippen molar-refractivity contribution in [1.29, 1.82) is 5.26 Å². The summed E-state index contributed by atoms with van der Waals surface area (Å²) in [5.41, 5.74) is 1.80. The molecule has 1 aromatic carbocycles. The van der Waals surface area contributed by atoms with Crippen LogP contribution in [0.3, 0.4) is 0 Å². The third-order valence-electron chi connectivity index (χ3n) is 3.05. The van der Waals surface area contributed by atoms with Gasteiger partial charge in [-0.3, -0.25) is 4.79 Å². The summed E-state index contributed by atoms with van der Waals surface area (Å²) in [6, 6.07) is 7.59. The van der Waals surface area contributed by atoms with Gasteiger partial charge in [-0.2, -0.15) is 5.26 Å². The molecule has 1 aliphatic carbocycles. The molecule has 82 valence electrons. The second-order valence-electron chi connectivity index (χ2n) is 3.99. The van der Waals surface area contributed by atoms with E-state index in [0.717, 1.165) is 29.7 Å². The average molecular weight is 215 g/mol. The molecule has 2 rings (SSSR count). The van der Waals surface area contributed by atoms with E-state index in [1.165, 1.54) is 0 Å². The van der Waals surface area contributed by atoms with Crippen molar-refractivity contribution in [3.8, 4) is 11.8 Å². The van der Waals surface area contributed by atoms with Gasteiger partial charge in [0.1, 0.15) is 5.75 Å². The van der Waals surface area contributed by atoms with E-state index in [0.29, 0.717) is 6.42 Å². The summed E-state index contributed by atoms with van der Waals surface area (Å²) in [6.07, 6.45) is 1.95. The van der Waals surface area contributed by atoms with Gasteiger partial charge in [-0.25, -0.2) is 0 Å². The van der Waals surface area contributed by atoms with E-state index >= 15 is 0 Å². The molecule has 0 saturated carbocycles. The van der Waals surface area contributed by atoms with E-state index in [4.69, 9.17) is 10.00 Å². The molecule has 1 aliphatic rings. The van der Waals surface area contributed by atoms with Crippen LogP contribution in [0.25, 0.3) is 0 Å². The van der Waals surface area contributed by atoms with E-state index in [-0.39, 0.29) is 11.7 Å². The van der Waals surface area contributed by atoms with Crippen LogP contribution < -0.4 is 4.74 Å². The summed E-state index contributed by atoms with van der Waals surface area (Å²) in [6.45, 7) is 0. The molecular weight excluding hydrogens is 202 g/mol. The predicted octanol–water partition coefficient (Wildman–Crippen LogP) is 2.35. The third-order valence-corrected chi connectivity index (χ3v) is 3.05. The van der Waals surface area contributed by atoms with Gasteiger partial charge in [0.05, 0.1) is 13.2 Å². The molecule has 0 N–H and O–H groups in total. The van der Waals surface area contributed by atoms with E-state index in [1.54, 1.807) is 19.2 Å². The second kappa shape index (κ2) is 4.36. The Labute approximate surface area is 94.6 Å². The van der Waals surface area contributed by atoms with Gasteiger partial charge < -0.3 is 4.74 Å². The van der Waals surface area contributed by atoms with Gasteiger partial charge >= 0.3 is 0 Å². The molecule has 0 aliphatic heterocycles. The van der Waals surface area contributed by atoms with Crippen molar-refractivity contribution in [1.82, 2.24) is 0 Å². The van der Waals surface area contributed by atoms with Crippen molar-refractivity contribution in [2.24, 2.45) is 5.92 Å². The number of ether oxygens (including phenoxy) is 1. The number of aryl methyl sites for hydroxylation is 1. The Balaban J connectivity index is 2.32. The molecule has 3 nitrogen and oxygen atoms in total. The van der Waals surface area contributed by atoms with Gasteiger partial charge in [-0.05, 0) is 36.6 Å². The molecule has 1 atom stereocenters. The van der Waals surface area contributed by atoms with E-state index in [2.05, 4.69) is 6.07 Å². The number of benzene rings is 1. The summed E-state index contributed by atoms with van der Waals surface area (Å²) < 4.78 is 5.13. The lowest BCUT2D eigenvalue weighted by molar-refractivity contribution is 0.0904. The fraction of sp³-hybridized carbons (Fsp3) is 0.385. The first-order chi connectivity index (χ1) is 7.76. The molecule has 0 aromatic heterocycles. The van der Waals surface area contributed by atoms with Crippen LogP contribution in [0.5, 0.6) is 5.75 Å². The van der Waals surface area contributed by atoms with Crippen LogP contribution in [-0.2, 0) is 6.42 Å². The third kappa shape index (κ3) is 1.79. The number of ketones is 1. The number of methoxy groups -OCH3 is 1. The minimum atomic E-state index is -0.120. The lowest BCUT2D eigenvalue weighted by Crippen LogP contribution is -2.22. The lowest BCUT2D eigenvalue weighted by Gasteiger charge is -2.21. The standard InChI is InChI=1S/C13H13NO2/c1-16-11-4-5-12-10(8-11)3-2-9(6-7-14)13(12)15/h4-5,8-9H,2-3,6H2,1H3. The maximum absolute atomic E-state index is 12.0. The molecule has 3 heteroatoms. The van der Waals surface area contributed by atoms with E-state index in [1.807, 2.05) is 6.07 Å². The number of fused-ring (bicyclic) bond motifs is 1. The van der Waals surface area contributed by atoms with Gasteiger partial charge in [-0.1, -0.05) is 0 Å². The zero-order valence-corrected chi connectivity index (χ0v) is 9.19. The van der Waals surface area contributed by atoms with Crippen molar-refractivity contribution >= 4 is 5.78 Å². The topological polar surface area (TPSA) is 50.1 Å². The minimum absolute atomic E-state index is 0.102. The van der Waals surface area contributed by atoms with E-state index < -0.39 is 0 Å². The largest absolute Gasteiger partial charge is 0.497 e.